The normalized spacial score (nSPS) is 12.1. The van der Waals surface area contributed by atoms with Crippen LogP contribution in [-0.4, -0.2) is 67.2 Å². The van der Waals surface area contributed by atoms with Crippen LogP contribution in [0.25, 0.3) is 0 Å². The van der Waals surface area contributed by atoms with Gasteiger partial charge in [-0.3, -0.25) is 9.59 Å². The summed E-state index contributed by atoms with van der Waals surface area (Å²) in [7, 11) is 0. The second-order valence-electron chi connectivity index (χ2n) is 4.56. The molecule has 10 nitrogen and oxygen atoms in total. The van der Waals surface area contributed by atoms with Crippen molar-refractivity contribution < 1.29 is 49.8 Å². The zero-order valence-corrected chi connectivity index (χ0v) is 12.7. The standard InChI is InChI=1S/C9H14O6.C5H6O4/c1-5(8(12)13)7(9(14)15)6(11)3-2-4-10;1-3(5(8)9)2-4(6)7/h6-7,10-11H,1-4H2,(H,12,13)(H,14,15);1-2H2,(H,6,7)(H,8,9). The number of carboxylic acid groups (broad SMARTS) is 4. The lowest BCUT2D eigenvalue weighted by Crippen LogP contribution is -2.32. The van der Waals surface area contributed by atoms with Crippen LogP contribution < -0.4 is 0 Å². The molecule has 0 saturated heterocycles. The average Bonchev–Trinajstić information content (AvgIpc) is 2.44. The summed E-state index contributed by atoms with van der Waals surface area (Å²) in [6.07, 6.45) is -1.63. The van der Waals surface area contributed by atoms with Gasteiger partial charge >= 0.3 is 23.9 Å². The molecule has 0 amide bonds. The van der Waals surface area contributed by atoms with Crippen LogP contribution in [0.1, 0.15) is 19.3 Å². The Balaban J connectivity index is 0. The largest absolute Gasteiger partial charge is 0.481 e. The molecule has 0 aromatic carbocycles. The molecule has 0 aliphatic heterocycles. The molecule has 0 radical (unpaired) electrons. The van der Waals surface area contributed by atoms with Gasteiger partial charge in [-0.15, -0.1) is 0 Å². The van der Waals surface area contributed by atoms with Gasteiger partial charge in [0.25, 0.3) is 0 Å². The average molecular weight is 348 g/mol. The number of carbonyl (C=O) groups is 4. The molecular weight excluding hydrogens is 328 g/mol. The lowest BCUT2D eigenvalue weighted by Gasteiger charge is -2.18. The Hall–Kier alpha value is -2.72. The zero-order valence-electron chi connectivity index (χ0n) is 12.7. The Morgan fingerprint density at radius 3 is 1.67 bits per heavy atom. The van der Waals surface area contributed by atoms with Crippen LogP contribution in [0.5, 0.6) is 0 Å². The van der Waals surface area contributed by atoms with E-state index in [4.69, 9.17) is 25.5 Å². The second kappa shape index (κ2) is 11.8. The predicted octanol–water partition coefficient (Wildman–Crippen LogP) is -0.437. The highest BCUT2D eigenvalue weighted by atomic mass is 16.4. The van der Waals surface area contributed by atoms with Crippen molar-refractivity contribution in [2.24, 2.45) is 5.92 Å². The summed E-state index contributed by atoms with van der Waals surface area (Å²) < 4.78 is 0. The van der Waals surface area contributed by atoms with E-state index in [1.54, 1.807) is 0 Å². The molecule has 136 valence electrons. The third-order valence-electron chi connectivity index (χ3n) is 2.63. The van der Waals surface area contributed by atoms with Crippen LogP contribution in [0.2, 0.25) is 0 Å². The Kier molecular flexibility index (Phi) is 11.6. The van der Waals surface area contributed by atoms with Crippen LogP contribution in [0, 0.1) is 5.92 Å². The molecule has 0 aromatic rings. The highest BCUT2D eigenvalue weighted by Gasteiger charge is 2.32. The molecule has 24 heavy (non-hydrogen) atoms. The monoisotopic (exact) mass is 348 g/mol. The van der Waals surface area contributed by atoms with Gasteiger partial charge in [0, 0.05) is 17.8 Å². The van der Waals surface area contributed by atoms with E-state index in [0.29, 0.717) is 0 Å². The minimum absolute atomic E-state index is 0.0137. The third kappa shape index (κ3) is 10.1. The van der Waals surface area contributed by atoms with E-state index in [9.17, 15) is 24.3 Å². The molecule has 0 saturated carbocycles. The number of carboxylic acids is 4. The smallest absolute Gasteiger partial charge is 0.331 e. The van der Waals surface area contributed by atoms with Crippen molar-refractivity contribution in [2.75, 3.05) is 6.61 Å². The van der Waals surface area contributed by atoms with Gasteiger partial charge in [0.1, 0.15) is 5.92 Å². The Morgan fingerprint density at radius 2 is 1.42 bits per heavy atom. The Bertz CT molecular complexity index is 508. The first-order valence-electron chi connectivity index (χ1n) is 6.52. The number of aliphatic carboxylic acids is 4. The number of hydrogen-bond donors (Lipinski definition) is 6. The molecule has 2 unspecified atom stereocenters. The minimum atomic E-state index is -1.53. The number of rotatable bonds is 10. The van der Waals surface area contributed by atoms with E-state index >= 15 is 0 Å². The highest BCUT2D eigenvalue weighted by Crippen LogP contribution is 2.18. The summed E-state index contributed by atoms with van der Waals surface area (Å²) in [6.45, 7) is 5.92. The first-order chi connectivity index (χ1) is 10.9. The van der Waals surface area contributed by atoms with Crippen molar-refractivity contribution in [3.05, 3.63) is 24.3 Å². The van der Waals surface area contributed by atoms with Crippen LogP contribution in [0.3, 0.4) is 0 Å². The first-order valence-corrected chi connectivity index (χ1v) is 6.52. The highest BCUT2D eigenvalue weighted by molar-refractivity contribution is 5.93. The molecule has 0 aromatic heterocycles. The molecule has 0 aliphatic carbocycles. The fourth-order valence-electron chi connectivity index (χ4n) is 1.40. The molecule has 2 atom stereocenters. The van der Waals surface area contributed by atoms with Crippen molar-refractivity contribution in [2.45, 2.75) is 25.4 Å². The maximum absolute atomic E-state index is 10.7. The van der Waals surface area contributed by atoms with Crippen molar-refractivity contribution in [1.82, 2.24) is 0 Å². The zero-order chi connectivity index (χ0) is 19.4. The van der Waals surface area contributed by atoms with Crippen LogP contribution >= 0.6 is 0 Å². The maximum Gasteiger partial charge on any atom is 0.331 e. The van der Waals surface area contributed by atoms with Gasteiger partial charge in [0.05, 0.1) is 12.5 Å². The van der Waals surface area contributed by atoms with Crippen molar-refractivity contribution >= 4 is 23.9 Å². The molecule has 0 aliphatic rings. The number of hydrogen-bond acceptors (Lipinski definition) is 6. The summed E-state index contributed by atoms with van der Waals surface area (Å²) in [4.78, 5) is 40.9. The summed E-state index contributed by atoms with van der Waals surface area (Å²) in [5.74, 6) is -6.87. The van der Waals surface area contributed by atoms with Gasteiger partial charge in [-0.1, -0.05) is 13.2 Å². The predicted molar refractivity (Wildman–Crippen MR) is 79.3 cm³/mol. The first kappa shape index (κ1) is 23.5. The summed E-state index contributed by atoms with van der Waals surface area (Å²) in [6, 6.07) is 0. The van der Waals surface area contributed by atoms with Gasteiger partial charge in [-0.25, -0.2) is 9.59 Å². The van der Waals surface area contributed by atoms with Gasteiger partial charge in [-0.05, 0) is 12.8 Å². The molecule has 6 N–H and O–H groups in total. The second-order valence-corrected chi connectivity index (χ2v) is 4.56. The SMILES string of the molecule is C=C(C(=O)O)C(C(=O)O)C(O)CCCO.C=C(CC(=O)O)C(=O)O. The van der Waals surface area contributed by atoms with Crippen LogP contribution in [0.15, 0.2) is 24.3 Å². The number of aliphatic hydroxyl groups is 2. The van der Waals surface area contributed by atoms with Gasteiger partial charge < -0.3 is 30.6 Å². The van der Waals surface area contributed by atoms with E-state index in [2.05, 4.69) is 13.2 Å². The van der Waals surface area contributed by atoms with Gasteiger partial charge in [0.2, 0.25) is 0 Å². The van der Waals surface area contributed by atoms with Gasteiger partial charge in [0.15, 0.2) is 0 Å². The summed E-state index contributed by atoms with van der Waals surface area (Å²) in [5.41, 5.74) is -0.865. The van der Waals surface area contributed by atoms with E-state index < -0.39 is 47.9 Å². The Morgan fingerprint density at radius 1 is 0.917 bits per heavy atom. The van der Waals surface area contributed by atoms with Crippen molar-refractivity contribution in [3.63, 3.8) is 0 Å². The van der Waals surface area contributed by atoms with E-state index in [0.717, 1.165) is 0 Å². The number of aliphatic hydroxyl groups excluding tert-OH is 2. The molecule has 0 spiro atoms. The van der Waals surface area contributed by atoms with E-state index in [1.807, 2.05) is 0 Å². The topological polar surface area (TPSA) is 190 Å². The van der Waals surface area contributed by atoms with E-state index in [1.165, 1.54) is 0 Å². The van der Waals surface area contributed by atoms with Crippen LogP contribution in [-0.2, 0) is 19.2 Å². The molecule has 0 bridgehead atoms. The fraction of sp³-hybridized carbons (Fsp3) is 0.429. The van der Waals surface area contributed by atoms with Crippen LogP contribution in [0.4, 0.5) is 0 Å². The summed E-state index contributed by atoms with van der Waals surface area (Å²) in [5, 5.41) is 51.2. The Labute approximate surface area is 137 Å². The van der Waals surface area contributed by atoms with E-state index in [-0.39, 0.29) is 25.0 Å². The molecule has 10 heteroatoms. The lowest BCUT2D eigenvalue weighted by molar-refractivity contribution is -0.147. The van der Waals surface area contributed by atoms with Gasteiger partial charge in [-0.2, -0.15) is 0 Å². The van der Waals surface area contributed by atoms with Crippen molar-refractivity contribution in [1.29, 1.82) is 0 Å². The lowest BCUT2D eigenvalue weighted by atomic mass is 9.91. The molecule has 0 rings (SSSR count). The quantitative estimate of drug-likeness (QED) is 0.282. The molecular formula is C14H20O10. The third-order valence-corrected chi connectivity index (χ3v) is 2.63. The molecule has 0 fully saturated rings. The summed E-state index contributed by atoms with van der Waals surface area (Å²) >= 11 is 0. The minimum Gasteiger partial charge on any atom is -0.481 e. The fourth-order valence-corrected chi connectivity index (χ4v) is 1.40. The maximum atomic E-state index is 10.7. The molecule has 0 heterocycles. The van der Waals surface area contributed by atoms with Crippen molar-refractivity contribution in [3.8, 4) is 0 Å².